The van der Waals surface area contributed by atoms with Crippen molar-refractivity contribution in [3.05, 3.63) is 43.1 Å². The summed E-state index contributed by atoms with van der Waals surface area (Å²) < 4.78 is 0. The summed E-state index contributed by atoms with van der Waals surface area (Å²) in [6.07, 6.45) is 3.56. The minimum atomic E-state index is 0.704. The van der Waals surface area contributed by atoms with Crippen molar-refractivity contribution in [1.29, 1.82) is 0 Å². The van der Waals surface area contributed by atoms with Crippen LogP contribution < -0.4 is 11.1 Å². The molecule has 2 aromatic rings. The first kappa shape index (κ1) is 9.52. The van der Waals surface area contributed by atoms with E-state index in [1.165, 1.54) is 0 Å². The summed E-state index contributed by atoms with van der Waals surface area (Å²) in [7, 11) is 0. The molecule has 0 saturated carbocycles. The van der Waals surface area contributed by atoms with Crippen LogP contribution in [0.5, 0.6) is 0 Å². The summed E-state index contributed by atoms with van der Waals surface area (Å²) in [5.41, 5.74) is 8.60. The maximum atomic E-state index is 6.02. The lowest BCUT2D eigenvalue weighted by Crippen LogP contribution is -2.02. The Morgan fingerprint density at radius 2 is 2.27 bits per heavy atom. The summed E-state index contributed by atoms with van der Waals surface area (Å²) in [4.78, 5) is 4.24. The van der Waals surface area contributed by atoms with Crippen LogP contribution in [0, 0.1) is 0 Å². The van der Waals surface area contributed by atoms with Crippen LogP contribution in [0.1, 0.15) is 0 Å². The van der Waals surface area contributed by atoms with Crippen LogP contribution in [-0.2, 0) is 0 Å². The van der Waals surface area contributed by atoms with E-state index >= 15 is 0 Å². The molecule has 0 aliphatic heterocycles. The van der Waals surface area contributed by atoms with Gasteiger partial charge in [-0.2, -0.15) is 0 Å². The highest BCUT2D eigenvalue weighted by Gasteiger charge is 2.02. The van der Waals surface area contributed by atoms with Gasteiger partial charge in [0.1, 0.15) is 0 Å². The Labute approximate surface area is 88.6 Å². The number of pyridine rings is 1. The fourth-order valence-corrected chi connectivity index (χ4v) is 1.51. The number of nitrogens with two attached hydrogens (primary N) is 1. The molecule has 0 saturated heterocycles. The third-order valence-electron chi connectivity index (χ3n) is 2.26. The highest BCUT2D eigenvalue weighted by atomic mass is 14.9. The first-order chi connectivity index (χ1) is 7.33. The average molecular weight is 199 g/mol. The van der Waals surface area contributed by atoms with E-state index in [4.69, 9.17) is 5.73 Å². The summed E-state index contributed by atoms with van der Waals surface area (Å²) in [5.74, 6) is 0. The molecule has 76 valence electrons. The quantitative estimate of drug-likeness (QED) is 0.589. The summed E-state index contributed by atoms with van der Waals surface area (Å²) >= 11 is 0. The lowest BCUT2D eigenvalue weighted by molar-refractivity contribution is 1.34. The third-order valence-corrected chi connectivity index (χ3v) is 2.26. The number of nitrogens with zero attached hydrogens (tertiary/aromatic N) is 1. The van der Waals surface area contributed by atoms with Gasteiger partial charge >= 0.3 is 0 Å². The van der Waals surface area contributed by atoms with Gasteiger partial charge in [-0.1, -0.05) is 6.08 Å². The minimum Gasteiger partial charge on any atom is -0.397 e. The van der Waals surface area contributed by atoms with Gasteiger partial charge in [-0.3, -0.25) is 4.98 Å². The Hall–Kier alpha value is -2.03. The third kappa shape index (κ3) is 1.76. The van der Waals surface area contributed by atoms with Crippen LogP contribution >= 0.6 is 0 Å². The molecule has 0 aliphatic rings. The molecule has 2 rings (SSSR count). The lowest BCUT2D eigenvalue weighted by Gasteiger charge is -2.09. The van der Waals surface area contributed by atoms with Gasteiger partial charge in [-0.15, -0.1) is 6.58 Å². The van der Waals surface area contributed by atoms with Gasteiger partial charge in [-0.25, -0.2) is 0 Å². The number of benzene rings is 1. The molecule has 0 bridgehead atoms. The largest absolute Gasteiger partial charge is 0.397 e. The number of nitrogens with one attached hydrogen (secondary N) is 1. The molecular weight excluding hydrogens is 186 g/mol. The van der Waals surface area contributed by atoms with Gasteiger partial charge in [0.2, 0.25) is 0 Å². The van der Waals surface area contributed by atoms with E-state index in [2.05, 4.69) is 16.9 Å². The summed E-state index contributed by atoms with van der Waals surface area (Å²) in [6.45, 7) is 4.36. The van der Waals surface area contributed by atoms with Gasteiger partial charge in [-0.05, 0) is 24.3 Å². The Kier molecular flexibility index (Phi) is 2.54. The van der Waals surface area contributed by atoms with E-state index in [-0.39, 0.29) is 0 Å². The molecule has 0 amide bonds. The average Bonchev–Trinajstić information content (AvgIpc) is 2.29. The van der Waals surface area contributed by atoms with Crippen molar-refractivity contribution >= 4 is 22.3 Å². The number of aromatic nitrogens is 1. The summed E-state index contributed by atoms with van der Waals surface area (Å²) in [6, 6.07) is 7.75. The Bertz CT molecular complexity index is 491. The molecule has 1 aromatic carbocycles. The molecule has 15 heavy (non-hydrogen) atoms. The molecule has 3 N–H and O–H groups in total. The molecule has 0 spiro atoms. The van der Waals surface area contributed by atoms with Crippen molar-refractivity contribution in [2.24, 2.45) is 0 Å². The van der Waals surface area contributed by atoms with Crippen LogP contribution in [0.2, 0.25) is 0 Å². The predicted molar refractivity (Wildman–Crippen MR) is 64.8 cm³/mol. The van der Waals surface area contributed by atoms with Crippen LogP contribution in [0.4, 0.5) is 11.4 Å². The number of nitrogen functional groups attached to an aromatic ring is 1. The SMILES string of the molecule is C=CCNc1ccc2ncccc2c1N. The van der Waals surface area contributed by atoms with Gasteiger partial charge in [0.15, 0.2) is 0 Å². The normalized spacial score (nSPS) is 10.1. The summed E-state index contributed by atoms with van der Waals surface area (Å²) in [5, 5.41) is 4.16. The molecular formula is C12H13N3. The van der Waals surface area contributed by atoms with Crippen LogP contribution in [0.3, 0.4) is 0 Å². The fourth-order valence-electron chi connectivity index (χ4n) is 1.51. The zero-order chi connectivity index (χ0) is 10.7. The highest BCUT2D eigenvalue weighted by Crippen LogP contribution is 2.26. The maximum Gasteiger partial charge on any atom is 0.0724 e. The molecule has 0 aliphatic carbocycles. The number of anilines is 2. The molecule has 3 nitrogen and oxygen atoms in total. The van der Waals surface area contributed by atoms with Crippen LogP contribution in [0.15, 0.2) is 43.1 Å². The van der Waals surface area contributed by atoms with Gasteiger partial charge < -0.3 is 11.1 Å². The topological polar surface area (TPSA) is 50.9 Å². The second kappa shape index (κ2) is 4.00. The predicted octanol–water partition coefficient (Wildman–Crippen LogP) is 2.41. The molecule has 1 aromatic heterocycles. The standard InChI is InChI=1S/C12H13N3/c1-2-7-14-11-6-5-10-9(12(11)13)4-3-8-15-10/h2-6,8,14H,1,7,13H2. The molecule has 0 unspecified atom stereocenters. The monoisotopic (exact) mass is 199 g/mol. The van der Waals surface area contributed by atoms with E-state index in [0.717, 1.165) is 22.3 Å². The highest BCUT2D eigenvalue weighted by molar-refractivity contribution is 5.96. The van der Waals surface area contributed by atoms with Crippen molar-refractivity contribution in [2.45, 2.75) is 0 Å². The first-order valence-corrected chi connectivity index (χ1v) is 4.81. The number of fused-ring (bicyclic) bond motifs is 1. The van der Waals surface area contributed by atoms with Crippen molar-refractivity contribution in [3.63, 3.8) is 0 Å². The van der Waals surface area contributed by atoms with Gasteiger partial charge in [0, 0.05) is 18.1 Å². The van der Waals surface area contributed by atoms with Gasteiger partial charge in [0.25, 0.3) is 0 Å². The molecule has 0 atom stereocenters. The molecule has 1 heterocycles. The smallest absolute Gasteiger partial charge is 0.0724 e. The van der Waals surface area contributed by atoms with Crippen LogP contribution in [-0.4, -0.2) is 11.5 Å². The van der Waals surface area contributed by atoms with E-state index in [1.807, 2.05) is 24.3 Å². The number of hydrogen-bond donors (Lipinski definition) is 2. The zero-order valence-corrected chi connectivity index (χ0v) is 8.40. The molecule has 3 heteroatoms. The minimum absolute atomic E-state index is 0.704. The fraction of sp³-hybridized carbons (Fsp3) is 0.0833. The van der Waals surface area contributed by atoms with E-state index < -0.39 is 0 Å². The van der Waals surface area contributed by atoms with E-state index in [9.17, 15) is 0 Å². The number of rotatable bonds is 3. The zero-order valence-electron chi connectivity index (χ0n) is 8.40. The van der Waals surface area contributed by atoms with E-state index in [1.54, 1.807) is 12.3 Å². The molecule has 0 radical (unpaired) electrons. The second-order valence-electron chi connectivity index (χ2n) is 3.27. The molecule has 0 fully saturated rings. The van der Waals surface area contributed by atoms with Crippen molar-refractivity contribution in [1.82, 2.24) is 4.98 Å². The Balaban J connectivity index is 2.50. The van der Waals surface area contributed by atoms with Crippen molar-refractivity contribution in [3.8, 4) is 0 Å². The maximum absolute atomic E-state index is 6.02. The Morgan fingerprint density at radius 1 is 1.40 bits per heavy atom. The van der Waals surface area contributed by atoms with Crippen molar-refractivity contribution in [2.75, 3.05) is 17.6 Å². The second-order valence-corrected chi connectivity index (χ2v) is 3.27. The van der Waals surface area contributed by atoms with Crippen LogP contribution in [0.25, 0.3) is 10.9 Å². The van der Waals surface area contributed by atoms with Crippen molar-refractivity contribution < 1.29 is 0 Å². The first-order valence-electron chi connectivity index (χ1n) is 4.81. The number of hydrogen-bond acceptors (Lipinski definition) is 3. The lowest BCUT2D eigenvalue weighted by atomic mass is 10.1. The van der Waals surface area contributed by atoms with Gasteiger partial charge in [0.05, 0.1) is 16.9 Å². The Morgan fingerprint density at radius 3 is 3.07 bits per heavy atom. The van der Waals surface area contributed by atoms with E-state index in [0.29, 0.717) is 6.54 Å².